The Hall–Kier alpha value is 0.714. The zero-order chi connectivity index (χ0) is 6.08. The van der Waals surface area contributed by atoms with Crippen LogP contribution in [0.25, 0.3) is 0 Å². The first-order chi connectivity index (χ1) is 2.94. The first-order valence-electron chi connectivity index (χ1n) is 2.75. The van der Waals surface area contributed by atoms with Crippen LogP contribution < -0.4 is 0 Å². The van der Waals surface area contributed by atoms with Crippen LogP contribution in [0.1, 0.15) is 34.6 Å². The largest absolute Gasteiger partial charge is 0.314 e. The summed E-state index contributed by atoms with van der Waals surface area (Å²) >= 11 is 0. The van der Waals surface area contributed by atoms with E-state index < -0.39 is 0 Å². The monoisotopic (exact) mass is 147 g/mol. The van der Waals surface area contributed by atoms with Crippen molar-refractivity contribution in [3.63, 3.8) is 0 Å². The smallest absolute Gasteiger partial charge is 0 e. The molecule has 0 rings (SSSR count). The molecule has 0 spiro atoms. The Kier molecular flexibility index (Phi) is 5.30. The Balaban J connectivity index is 0. The van der Waals surface area contributed by atoms with Crippen LogP contribution in [0.15, 0.2) is 0 Å². The molecule has 0 aromatic rings. The average molecular weight is 147 g/mol. The maximum Gasteiger partial charge on any atom is 0 e. The van der Waals surface area contributed by atoms with Crippen molar-refractivity contribution in [1.82, 2.24) is 0 Å². The Morgan fingerprint density at radius 2 is 1.12 bits per heavy atom. The molecule has 0 aromatic heterocycles. The van der Waals surface area contributed by atoms with E-state index in [1.807, 2.05) is 0 Å². The minimum absolute atomic E-state index is 0. The van der Waals surface area contributed by atoms with Gasteiger partial charge in [0.1, 0.15) is 0 Å². The molecule has 0 saturated carbocycles. The van der Waals surface area contributed by atoms with Gasteiger partial charge >= 0.3 is 0 Å². The van der Waals surface area contributed by atoms with Crippen molar-refractivity contribution in [3.8, 4) is 0 Å². The third kappa shape index (κ3) is 4.86. The molecule has 0 aromatic carbocycles. The Labute approximate surface area is 67.9 Å². The van der Waals surface area contributed by atoms with Crippen LogP contribution in [-0.2, 0) is 21.7 Å². The van der Waals surface area contributed by atoms with Crippen LogP contribution in [-0.4, -0.2) is 0 Å². The molecule has 0 amide bonds. The van der Waals surface area contributed by atoms with Gasteiger partial charge in [0.05, 0.1) is 0 Å². The van der Waals surface area contributed by atoms with Gasteiger partial charge in [0.25, 0.3) is 0 Å². The van der Waals surface area contributed by atoms with E-state index >= 15 is 0 Å². The van der Waals surface area contributed by atoms with Gasteiger partial charge in [-0.1, -0.05) is 20.8 Å². The molecule has 0 heterocycles. The van der Waals surface area contributed by atoms with Crippen LogP contribution in [0.3, 0.4) is 0 Å². The molecule has 0 unspecified atom stereocenters. The average Bonchev–Trinajstić information content (AvgIpc) is 1.31. The van der Waals surface area contributed by atoms with Gasteiger partial charge in [-0.25, -0.2) is 0 Å². The van der Waals surface area contributed by atoms with E-state index in [0.29, 0.717) is 5.41 Å². The second-order valence-corrected chi connectivity index (χ2v) is 3.25. The van der Waals surface area contributed by atoms with E-state index in [9.17, 15) is 0 Å². The topological polar surface area (TPSA) is 0 Å². The predicted molar refractivity (Wildman–Crippen MR) is 34.0 cm³/mol. The molecular weight excluding hydrogens is 132 g/mol. The summed E-state index contributed by atoms with van der Waals surface area (Å²) < 4.78 is 0. The fraction of sp³-hybridized carbons (Fsp3) is 0.857. The summed E-state index contributed by atoms with van der Waals surface area (Å²) in [5.41, 5.74) is 0.417. The van der Waals surface area contributed by atoms with Gasteiger partial charge in [0, 0.05) is 21.7 Å². The normalized spacial score (nSPS) is 11.2. The molecule has 0 atom stereocenters. The van der Waals surface area contributed by atoms with Gasteiger partial charge in [-0.2, -0.15) is 19.3 Å². The maximum atomic E-state index is 2.22. The standard InChI is InChI=1S/C7H15.Ti/c1-6(2)7(3,4)5;/h1-5H3;/q-1;. The van der Waals surface area contributed by atoms with Crippen molar-refractivity contribution in [2.75, 3.05) is 0 Å². The van der Waals surface area contributed by atoms with Crippen LogP contribution >= 0.6 is 0 Å². The third-order valence-corrected chi connectivity index (χ3v) is 1.50. The molecular formula is C7H15Ti-. The van der Waals surface area contributed by atoms with Gasteiger partial charge in [0.2, 0.25) is 0 Å². The molecule has 0 aliphatic heterocycles. The molecule has 0 saturated heterocycles. The molecule has 0 fully saturated rings. The van der Waals surface area contributed by atoms with E-state index in [4.69, 9.17) is 0 Å². The number of hydrogen-bond acceptors (Lipinski definition) is 0. The third-order valence-electron chi connectivity index (χ3n) is 1.50. The van der Waals surface area contributed by atoms with Crippen molar-refractivity contribution < 1.29 is 21.7 Å². The first-order valence-corrected chi connectivity index (χ1v) is 2.75. The maximum absolute atomic E-state index is 2.22. The van der Waals surface area contributed by atoms with E-state index in [-0.39, 0.29) is 21.7 Å². The second-order valence-electron chi connectivity index (χ2n) is 3.25. The molecule has 0 radical (unpaired) electrons. The Morgan fingerprint density at radius 3 is 1.12 bits per heavy atom. The Bertz CT molecular complexity index is 49.9. The number of hydrogen-bond donors (Lipinski definition) is 0. The molecule has 0 nitrogen and oxygen atoms in total. The summed E-state index contributed by atoms with van der Waals surface area (Å²) in [4.78, 5) is 0. The summed E-state index contributed by atoms with van der Waals surface area (Å²) in [6.07, 6.45) is 0. The van der Waals surface area contributed by atoms with Crippen molar-refractivity contribution in [2.24, 2.45) is 5.41 Å². The second kappa shape index (κ2) is 3.69. The summed E-state index contributed by atoms with van der Waals surface area (Å²) in [6.45, 7) is 11.0. The first kappa shape index (κ1) is 11.5. The van der Waals surface area contributed by atoms with Gasteiger partial charge in [0.15, 0.2) is 0 Å². The van der Waals surface area contributed by atoms with Gasteiger partial charge in [-0.05, 0) is 0 Å². The molecule has 0 bridgehead atoms. The quantitative estimate of drug-likeness (QED) is 0.365. The molecule has 0 N–H and O–H groups in total. The van der Waals surface area contributed by atoms with Crippen molar-refractivity contribution >= 4 is 0 Å². The summed E-state index contributed by atoms with van der Waals surface area (Å²) in [5.74, 6) is 1.49. The number of rotatable bonds is 0. The van der Waals surface area contributed by atoms with E-state index in [2.05, 4.69) is 34.6 Å². The van der Waals surface area contributed by atoms with E-state index in [1.165, 1.54) is 5.92 Å². The molecule has 0 aliphatic rings. The zero-order valence-corrected chi connectivity index (χ0v) is 8.06. The molecule has 8 heavy (non-hydrogen) atoms. The zero-order valence-electron chi connectivity index (χ0n) is 6.50. The SMILES string of the molecule is C[C-](C)C(C)(C)C.[Ti]. The minimum Gasteiger partial charge on any atom is -0.314 e. The van der Waals surface area contributed by atoms with Crippen LogP contribution in [0, 0.1) is 11.3 Å². The van der Waals surface area contributed by atoms with Crippen molar-refractivity contribution in [3.05, 3.63) is 5.92 Å². The van der Waals surface area contributed by atoms with E-state index in [1.54, 1.807) is 0 Å². The summed E-state index contributed by atoms with van der Waals surface area (Å²) in [7, 11) is 0. The molecule has 1 heteroatoms. The van der Waals surface area contributed by atoms with Crippen LogP contribution in [0.5, 0.6) is 0 Å². The minimum atomic E-state index is 0. The summed E-state index contributed by atoms with van der Waals surface area (Å²) in [5, 5.41) is 0. The van der Waals surface area contributed by atoms with Crippen LogP contribution in [0.4, 0.5) is 0 Å². The van der Waals surface area contributed by atoms with E-state index in [0.717, 1.165) is 0 Å². The molecule has 48 valence electrons. The fourth-order valence-corrected chi connectivity index (χ4v) is 0. The molecule has 0 aliphatic carbocycles. The van der Waals surface area contributed by atoms with Gasteiger partial charge in [-0.15, -0.1) is 0 Å². The van der Waals surface area contributed by atoms with Gasteiger partial charge < -0.3 is 5.92 Å². The Morgan fingerprint density at radius 1 is 1.00 bits per heavy atom. The predicted octanol–water partition coefficient (Wildman–Crippen LogP) is 2.64. The van der Waals surface area contributed by atoms with Crippen LogP contribution in [0.2, 0.25) is 0 Å². The summed E-state index contributed by atoms with van der Waals surface area (Å²) in [6, 6.07) is 0. The van der Waals surface area contributed by atoms with Gasteiger partial charge in [-0.3, -0.25) is 0 Å². The van der Waals surface area contributed by atoms with Crippen molar-refractivity contribution in [2.45, 2.75) is 34.6 Å². The van der Waals surface area contributed by atoms with Crippen molar-refractivity contribution in [1.29, 1.82) is 0 Å². The fourth-order valence-electron chi connectivity index (χ4n) is 0.